The van der Waals surface area contributed by atoms with Crippen LogP contribution in [0.2, 0.25) is 0 Å². The van der Waals surface area contributed by atoms with E-state index >= 15 is 0 Å². The van der Waals surface area contributed by atoms with Crippen LogP contribution < -0.4 is 5.32 Å². The number of rotatable bonds is 3. The highest BCUT2D eigenvalue weighted by atomic mass is 79.9. The lowest BCUT2D eigenvalue weighted by atomic mass is 10.2. The van der Waals surface area contributed by atoms with Crippen LogP contribution in [0.3, 0.4) is 0 Å². The highest BCUT2D eigenvalue weighted by molar-refractivity contribution is 9.10. The van der Waals surface area contributed by atoms with Gasteiger partial charge >= 0.3 is 0 Å². The number of benzene rings is 1. The molecule has 0 aromatic heterocycles. The topological polar surface area (TPSA) is 21.3 Å². The van der Waals surface area contributed by atoms with Crippen LogP contribution in [-0.4, -0.2) is 19.3 Å². The van der Waals surface area contributed by atoms with E-state index < -0.39 is 0 Å². The molecule has 1 saturated heterocycles. The van der Waals surface area contributed by atoms with Crippen molar-refractivity contribution in [3.8, 4) is 0 Å². The molecule has 2 rings (SSSR count). The molecule has 1 fully saturated rings. The number of nitrogens with one attached hydrogen (secondary N) is 1. The minimum Gasteiger partial charge on any atom is -0.380 e. The smallest absolute Gasteiger partial charge is 0.127 e. The average molecular weight is 274 g/mol. The van der Waals surface area contributed by atoms with Gasteiger partial charge in [0.25, 0.3) is 0 Å². The molecule has 0 aliphatic carbocycles. The Hall–Kier alpha value is -0.450. The summed E-state index contributed by atoms with van der Waals surface area (Å²) < 4.78 is 19.5. The minimum absolute atomic E-state index is 0.162. The molecule has 15 heavy (non-hydrogen) atoms. The lowest BCUT2D eigenvalue weighted by molar-refractivity contribution is 0.189. The van der Waals surface area contributed by atoms with Gasteiger partial charge in [0.2, 0.25) is 0 Å². The first kappa shape index (κ1) is 11.0. The van der Waals surface area contributed by atoms with Crippen LogP contribution in [0, 0.1) is 5.82 Å². The second kappa shape index (κ2) is 5.05. The number of hydrogen-bond donors (Lipinski definition) is 1. The zero-order valence-electron chi connectivity index (χ0n) is 8.30. The molecule has 0 unspecified atom stereocenters. The van der Waals surface area contributed by atoms with Gasteiger partial charge in [0, 0.05) is 29.2 Å². The summed E-state index contributed by atoms with van der Waals surface area (Å²) in [6.07, 6.45) is 1.01. The summed E-state index contributed by atoms with van der Waals surface area (Å²) in [5.41, 5.74) is 0.691. The third-order valence-electron chi connectivity index (χ3n) is 2.52. The number of halogens is 2. The monoisotopic (exact) mass is 273 g/mol. The third kappa shape index (κ3) is 3.00. The maximum Gasteiger partial charge on any atom is 0.127 e. The SMILES string of the molecule is Fc1ccc(Br)cc1CN[C@H]1CCOC1. The molecule has 1 N–H and O–H groups in total. The van der Waals surface area contributed by atoms with Crippen molar-refractivity contribution in [1.82, 2.24) is 5.32 Å². The molecular weight excluding hydrogens is 261 g/mol. The van der Waals surface area contributed by atoms with Gasteiger partial charge in [0.1, 0.15) is 5.82 Å². The Balaban J connectivity index is 1.94. The average Bonchev–Trinajstić information content (AvgIpc) is 2.72. The second-order valence-corrected chi connectivity index (χ2v) is 4.59. The first-order chi connectivity index (χ1) is 7.25. The van der Waals surface area contributed by atoms with Crippen molar-refractivity contribution in [2.45, 2.75) is 19.0 Å². The quantitative estimate of drug-likeness (QED) is 0.914. The van der Waals surface area contributed by atoms with Gasteiger partial charge in [-0.25, -0.2) is 4.39 Å². The van der Waals surface area contributed by atoms with E-state index in [-0.39, 0.29) is 5.82 Å². The lowest BCUT2D eigenvalue weighted by Gasteiger charge is -2.11. The molecule has 1 aliphatic rings. The highest BCUT2D eigenvalue weighted by Gasteiger charge is 2.15. The van der Waals surface area contributed by atoms with Gasteiger partial charge in [0.15, 0.2) is 0 Å². The fraction of sp³-hybridized carbons (Fsp3) is 0.455. The number of ether oxygens (including phenoxy) is 1. The van der Waals surface area contributed by atoms with Gasteiger partial charge in [-0.2, -0.15) is 0 Å². The van der Waals surface area contributed by atoms with E-state index in [4.69, 9.17) is 4.74 Å². The van der Waals surface area contributed by atoms with Gasteiger partial charge in [-0.1, -0.05) is 15.9 Å². The van der Waals surface area contributed by atoms with E-state index in [9.17, 15) is 4.39 Å². The van der Waals surface area contributed by atoms with E-state index in [1.807, 2.05) is 0 Å². The summed E-state index contributed by atoms with van der Waals surface area (Å²) in [4.78, 5) is 0. The molecule has 0 spiro atoms. The van der Waals surface area contributed by atoms with E-state index in [0.29, 0.717) is 18.2 Å². The van der Waals surface area contributed by atoms with Crippen molar-refractivity contribution in [3.63, 3.8) is 0 Å². The van der Waals surface area contributed by atoms with Crippen LogP contribution in [-0.2, 0) is 11.3 Å². The van der Waals surface area contributed by atoms with Crippen LogP contribution in [0.1, 0.15) is 12.0 Å². The summed E-state index contributed by atoms with van der Waals surface area (Å²) in [7, 11) is 0. The van der Waals surface area contributed by atoms with Crippen molar-refractivity contribution in [3.05, 3.63) is 34.1 Å². The summed E-state index contributed by atoms with van der Waals surface area (Å²) in [5, 5.41) is 3.28. The Morgan fingerprint density at radius 3 is 3.13 bits per heavy atom. The molecule has 0 amide bonds. The summed E-state index contributed by atoms with van der Waals surface area (Å²) in [5.74, 6) is -0.162. The Labute approximate surface area is 96.9 Å². The van der Waals surface area contributed by atoms with Crippen LogP contribution in [0.15, 0.2) is 22.7 Å². The molecule has 2 nitrogen and oxygen atoms in total. The second-order valence-electron chi connectivity index (χ2n) is 3.68. The van der Waals surface area contributed by atoms with Crippen LogP contribution in [0.25, 0.3) is 0 Å². The van der Waals surface area contributed by atoms with Gasteiger partial charge < -0.3 is 10.1 Å². The first-order valence-corrected chi connectivity index (χ1v) is 5.80. The Kier molecular flexibility index (Phi) is 3.72. The molecule has 1 aromatic carbocycles. The largest absolute Gasteiger partial charge is 0.380 e. The van der Waals surface area contributed by atoms with Crippen LogP contribution in [0.4, 0.5) is 4.39 Å². The van der Waals surface area contributed by atoms with E-state index in [0.717, 1.165) is 24.1 Å². The molecule has 0 radical (unpaired) electrons. The molecule has 1 atom stereocenters. The maximum absolute atomic E-state index is 13.4. The van der Waals surface area contributed by atoms with Gasteiger partial charge in [-0.15, -0.1) is 0 Å². The molecule has 1 aliphatic heterocycles. The minimum atomic E-state index is -0.162. The lowest BCUT2D eigenvalue weighted by Crippen LogP contribution is -2.28. The Bertz CT molecular complexity index is 339. The Morgan fingerprint density at radius 2 is 2.40 bits per heavy atom. The molecular formula is C11H13BrFNO. The van der Waals surface area contributed by atoms with E-state index in [1.165, 1.54) is 6.07 Å². The van der Waals surface area contributed by atoms with Crippen LogP contribution in [0.5, 0.6) is 0 Å². The third-order valence-corrected chi connectivity index (χ3v) is 3.01. The maximum atomic E-state index is 13.4. The summed E-state index contributed by atoms with van der Waals surface area (Å²) in [6.45, 7) is 2.09. The fourth-order valence-electron chi connectivity index (χ4n) is 1.63. The molecule has 82 valence electrons. The van der Waals surface area contributed by atoms with Crippen LogP contribution >= 0.6 is 15.9 Å². The highest BCUT2D eigenvalue weighted by Crippen LogP contribution is 2.16. The zero-order chi connectivity index (χ0) is 10.7. The predicted molar refractivity (Wildman–Crippen MR) is 60.2 cm³/mol. The normalized spacial score (nSPS) is 20.8. The van der Waals surface area contributed by atoms with E-state index in [2.05, 4.69) is 21.2 Å². The Morgan fingerprint density at radius 1 is 1.53 bits per heavy atom. The van der Waals surface area contributed by atoms with Crippen molar-refractivity contribution < 1.29 is 9.13 Å². The van der Waals surface area contributed by atoms with Gasteiger partial charge in [-0.05, 0) is 24.6 Å². The van der Waals surface area contributed by atoms with Crippen molar-refractivity contribution in [1.29, 1.82) is 0 Å². The standard InChI is InChI=1S/C11H13BrFNO/c12-9-1-2-11(13)8(5-9)6-14-10-3-4-15-7-10/h1-2,5,10,14H,3-4,6-7H2/t10-/m0/s1. The zero-order valence-corrected chi connectivity index (χ0v) is 9.89. The molecule has 0 bridgehead atoms. The summed E-state index contributed by atoms with van der Waals surface area (Å²) >= 11 is 3.33. The van der Waals surface area contributed by atoms with Crippen molar-refractivity contribution in [2.24, 2.45) is 0 Å². The fourth-order valence-corrected chi connectivity index (χ4v) is 2.04. The predicted octanol–water partition coefficient (Wildman–Crippen LogP) is 2.47. The van der Waals surface area contributed by atoms with Crippen molar-refractivity contribution in [2.75, 3.05) is 13.2 Å². The van der Waals surface area contributed by atoms with E-state index in [1.54, 1.807) is 12.1 Å². The van der Waals surface area contributed by atoms with Crippen molar-refractivity contribution >= 4 is 15.9 Å². The molecule has 0 saturated carbocycles. The molecule has 4 heteroatoms. The molecule has 1 aromatic rings. The van der Waals surface area contributed by atoms with Gasteiger partial charge in [-0.3, -0.25) is 0 Å². The number of hydrogen-bond acceptors (Lipinski definition) is 2. The molecule has 1 heterocycles. The van der Waals surface area contributed by atoms with Gasteiger partial charge in [0.05, 0.1) is 6.61 Å². The first-order valence-electron chi connectivity index (χ1n) is 5.01. The summed E-state index contributed by atoms with van der Waals surface area (Å²) in [6, 6.07) is 5.35.